The maximum Gasteiger partial charge on any atom is 0.416 e. The molecule has 0 aliphatic carbocycles. The molecular formula is C9H6F3NO4. The number of carbonyl (C=O) groups is 2. The molecule has 1 aromatic rings. The van der Waals surface area contributed by atoms with E-state index >= 15 is 0 Å². The number of carboxylic acid groups (broad SMARTS) is 2. The molecule has 0 fully saturated rings. The van der Waals surface area contributed by atoms with Gasteiger partial charge in [-0.25, -0.2) is 9.59 Å². The number of hydrogen-bond donors (Lipinski definition) is 3. The van der Waals surface area contributed by atoms with Crippen LogP contribution in [0.5, 0.6) is 0 Å². The SMILES string of the molecule is Nc1cc(C(F)(F)F)cc(C(=O)O)c1C(=O)O. The summed E-state index contributed by atoms with van der Waals surface area (Å²) < 4.78 is 37.0. The summed E-state index contributed by atoms with van der Waals surface area (Å²) in [6.07, 6.45) is -4.80. The number of anilines is 1. The Balaban J connectivity index is 3.58. The lowest BCUT2D eigenvalue weighted by Crippen LogP contribution is -2.15. The summed E-state index contributed by atoms with van der Waals surface area (Å²) in [5.41, 5.74) is 1.21. The number of benzene rings is 1. The zero-order chi connectivity index (χ0) is 13.4. The second-order valence-corrected chi connectivity index (χ2v) is 3.10. The normalized spacial score (nSPS) is 11.2. The Hall–Kier alpha value is -2.25. The zero-order valence-corrected chi connectivity index (χ0v) is 8.08. The van der Waals surface area contributed by atoms with Crippen LogP contribution in [-0.2, 0) is 6.18 Å². The molecule has 5 nitrogen and oxygen atoms in total. The second-order valence-electron chi connectivity index (χ2n) is 3.10. The predicted octanol–water partition coefficient (Wildman–Crippen LogP) is 1.68. The average molecular weight is 249 g/mol. The molecule has 0 amide bonds. The van der Waals surface area contributed by atoms with Gasteiger partial charge in [-0.2, -0.15) is 13.2 Å². The Morgan fingerprint density at radius 1 is 1.12 bits per heavy atom. The van der Waals surface area contributed by atoms with Gasteiger partial charge in [-0.15, -0.1) is 0 Å². The molecule has 0 aromatic heterocycles. The van der Waals surface area contributed by atoms with Gasteiger partial charge in [0.15, 0.2) is 0 Å². The zero-order valence-electron chi connectivity index (χ0n) is 8.08. The third kappa shape index (κ3) is 2.47. The number of nitrogen functional groups attached to an aromatic ring is 1. The first-order valence-electron chi connectivity index (χ1n) is 4.12. The molecule has 0 radical (unpaired) electrons. The Bertz CT molecular complexity index is 496. The summed E-state index contributed by atoms with van der Waals surface area (Å²) in [5, 5.41) is 17.3. The molecule has 0 aliphatic rings. The van der Waals surface area contributed by atoms with Gasteiger partial charge in [0.1, 0.15) is 0 Å². The minimum Gasteiger partial charge on any atom is -0.478 e. The molecule has 0 saturated carbocycles. The van der Waals surface area contributed by atoms with Crippen LogP contribution >= 0.6 is 0 Å². The van der Waals surface area contributed by atoms with E-state index in [0.717, 1.165) is 0 Å². The molecule has 0 bridgehead atoms. The number of halogens is 3. The van der Waals surface area contributed by atoms with Crippen molar-refractivity contribution in [1.82, 2.24) is 0 Å². The first-order valence-corrected chi connectivity index (χ1v) is 4.12. The van der Waals surface area contributed by atoms with E-state index in [1.165, 1.54) is 0 Å². The summed E-state index contributed by atoms with van der Waals surface area (Å²) >= 11 is 0. The first-order chi connectivity index (χ1) is 7.64. The highest BCUT2D eigenvalue weighted by molar-refractivity contribution is 6.05. The average Bonchev–Trinajstić information content (AvgIpc) is 2.13. The largest absolute Gasteiger partial charge is 0.478 e. The quantitative estimate of drug-likeness (QED) is 0.692. The van der Waals surface area contributed by atoms with E-state index < -0.39 is 40.5 Å². The van der Waals surface area contributed by atoms with Crippen LogP contribution in [0.15, 0.2) is 12.1 Å². The Kier molecular flexibility index (Phi) is 2.99. The van der Waals surface area contributed by atoms with Crippen molar-refractivity contribution in [2.75, 3.05) is 5.73 Å². The van der Waals surface area contributed by atoms with Crippen molar-refractivity contribution < 1.29 is 33.0 Å². The van der Waals surface area contributed by atoms with E-state index in [0.29, 0.717) is 6.07 Å². The van der Waals surface area contributed by atoms with Crippen LogP contribution in [-0.4, -0.2) is 22.2 Å². The number of aromatic carboxylic acids is 2. The molecule has 92 valence electrons. The lowest BCUT2D eigenvalue weighted by Gasteiger charge is -2.11. The van der Waals surface area contributed by atoms with Crippen molar-refractivity contribution in [2.45, 2.75) is 6.18 Å². The number of carboxylic acids is 2. The van der Waals surface area contributed by atoms with Crippen molar-refractivity contribution in [3.8, 4) is 0 Å². The maximum atomic E-state index is 12.3. The summed E-state index contributed by atoms with van der Waals surface area (Å²) in [5.74, 6) is -3.49. The van der Waals surface area contributed by atoms with Gasteiger partial charge in [-0.3, -0.25) is 0 Å². The molecule has 0 aliphatic heterocycles. The van der Waals surface area contributed by atoms with Crippen molar-refractivity contribution >= 4 is 17.6 Å². The first kappa shape index (κ1) is 12.8. The van der Waals surface area contributed by atoms with Crippen molar-refractivity contribution in [2.24, 2.45) is 0 Å². The lowest BCUT2D eigenvalue weighted by atomic mass is 10.0. The second kappa shape index (κ2) is 3.96. The van der Waals surface area contributed by atoms with E-state index in [9.17, 15) is 22.8 Å². The molecule has 8 heteroatoms. The summed E-state index contributed by atoms with van der Waals surface area (Å²) in [6, 6.07) is 0.623. The molecule has 0 saturated heterocycles. The van der Waals surface area contributed by atoms with Gasteiger partial charge >= 0.3 is 18.1 Å². The van der Waals surface area contributed by atoms with Crippen molar-refractivity contribution in [1.29, 1.82) is 0 Å². The minimum atomic E-state index is -4.80. The number of rotatable bonds is 2. The van der Waals surface area contributed by atoms with Crippen LogP contribution in [0, 0.1) is 0 Å². The van der Waals surface area contributed by atoms with Gasteiger partial charge in [0.25, 0.3) is 0 Å². The van der Waals surface area contributed by atoms with Gasteiger partial charge in [0.2, 0.25) is 0 Å². The molecule has 1 rings (SSSR count). The predicted molar refractivity (Wildman–Crippen MR) is 49.8 cm³/mol. The minimum absolute atomic E-state index is 0.238. The highest BCUT2D eigenvalue weighted by atomic mass is 19.4. The van der Waals surface area contributed by atoms with Gasteiger partial charge in [-0.1, -0.05) is 0 Å². The monoisotopic (exact) mass is 249 g/mol. The highest BCUT2D eigenvalue weighted by Crippen LogP contribution is 2.33. The van der Waals surface area contributed by atoms with E-state index in [-0.39, 0.29) is 6.07 Å². The van der Waals surface area contributed by atoms with Crippen LogP contribution in [0.4, 0.5) is 18.9 Å². The fraction of sp³-hybridized carbons (Fsp3) is 0.111. The van der Waals surface area contributed by atoms with E-state index in [1.54, 1.807) is 0 Å². The highest BCUT2D eigenvalue weighted by Gasteiger charge is 2.33. The summed E-state index contributed by atoms with van der Waals surface area (Å²) in [7, 11) is 0. The Morgan fingerprint density at radius 3 is 2.00 bits per heavy atom. The summed E-state index contributed by atoms with van der Waals surface area (Å²) in [4.78, 5) is 21.4. The van der Waals surface area contributed by atoms with Crippen LogP contribution in [0.1, 0.15) is 26.3 Å². The molecule has 17 heavy (non-hydrogen) atoms. The fourth-order valence-corrected chi connectivity index (χ4v) is 1.24. The lowest BCUT2D eigenvalue weighted by molar-refractivity contribution is -0.137. The number of hydrogen-bond acceptors (Lipinski definition) is 3. The number of nitrogens with two attached hydrogens (primary N) is 1. The molecular weight excluding hydrogens is 243 g/mol. The van der Waals surface area contributed by atoms with E-state index in [4.69, 9.17) is 15.9 Å². The van der Waals surface area contributed by atoms with Crippen molar-refractivity contribution in [3.05, 3.63) is 28.8 Å². The van der Waals surface area contributed by atoms with Crippen LogP contribution in [0.2, 0.25) is 0 Å². The third-order valence-corrected chi connectivity index (χ3v) is 1.94. The Labute approximate surface area is 92.3 Å². The van der Waals surface area contributed by atoms with Gasteiger partial charge in [-0.05, 0) is 12.1 Å². The van der Waals surface area contributed by atoms with Crippen LogP contribution in [0.25, 0.3) is 0 Å². The standard InChI is InChI=1S/C9H6F3NO4/c10-9(11,12)3-1-4(7(14)15)6(8(16)17)5(13)2-3/h1-2H,13H2,(H,14,15)(H,16,17). The molecule has 4 N–H and O–H groups in total. The topological polar surface area (TPSA) is 101 Å². The fourth-order valence-electron chi connectivity index (χ4n) is 1.24. The van der Waals surface area contributed by atoms with Crippen LogP contribution in [0.3, 0.4) is 0 Å². The maximum absolute atomic E-state index is 12.3. The van der Waals surface area contributed by atoms with Gasteiger partial charge < -0.3 is 15.9 Å². The smallest absolute Gasteiger partial charge is 0.416 e. The van der Waals surface area contributed by atoms with E-state index in [1.807, 2.05) is 0 Å². The van der Waals surface area contributed by atoms with Crippen LogP contribution < -0.4 is 5.73 Å². The molecule has 0 unspecified atom stereocenters. The summed E-state index contributed by atoms with van der Waals surface area (Å²) in [6.45, 7) is 0. The van der Waals surface area contributed by atoms with Gasteiger partial charge in [0, 0.05) is 5.69 Å². The van der Waals surface area contributed by atoms with Gasteiger partial charge in [0.05, 0.1) is 16.7 Å². The molecule has 0 spiro atoms. The Morgan fingerprint density at radius 2 is 1.65 bits per heavy atom. The molecule has 1 aromatic carbocycles. The molecule has 0 atom stereocenters. The number of alkyl halides is 3. The van der Waals surface area contributed by atoms with Crippen molar-refractivity contribution in [3.63, 3.8) is 0 Å². The van der Waals surface area contributed by atoms with E-state index in [2.05, 4.69) is 0 Å². The third-order valence-electron chi connectivity index (χ3n) is 1.94. The molecule has 0 heterocycles.